The van der Waals surface area contributed by atoms with Gasteiger partial charge in [-0.05, 0) is 33.3 Å². The number of aromatic nitrogens is 2. The van der Waals surface area contributed by atoms with E-state index in [9.17, 15) is 9.90 Å². The molecule has 0 bridgehead atoms. The third-order valence-electron chi connectivity index (χ3n) is 2.71. The van der Waals surface area contributed by atoms with Crippen LogP contribution < -0.4 is 0 Å². The molecular weight excluding hydrogens is 230 g/mol. The molecule has 5 heteroatoms. The molecule has 1 unspecified atom stereocenters. The van der Waals surface area contributed by atoms with Crippen LogP contribution in [0.3, 0.4) is 0 Å². The Morgan fingerprint density at radius 2 is 2.17 bits per heavy atom. The fraction of sp³-hybridized carbons (Fsp3) is 0.692. The Hall–Kier alpha value is -1.36. The van der Waals surface area contributed by atoms with Crippen molar-refractivity contribution in [1.29, 1.82) is 0 Å². The van der Waals surface area contributed by atoms with Gasteiger partial charge in [-0.2, -0.15) is 5.10 Å². The largest absolute Gasteiger partial charge is 0.392 e. The van der Waals surface area contributed by atoms with Crippen LogP contribution in [0, 0.1) is 0 Å². The van der Waals surface area contributed by atoms with E-state index < -0.39 is 6.10 Å². The number of carbonyl (C=O) groups excluding carboxylic acids is 1. The number of amides is 1. The van der Waals surface area contributed by atoms with Gasteiger partial charge in [0.05, 0.1) is 6.10 Å². The number of H-pyrrole nitrogens is 1. The van der Waals surface area contributed by atoms with Gasteiger partial charge in [0.15, 0.2) is 0 Å². The molecule has 0 saturated carbocycles. The van der Waals surface area contributed by atoms with E-state index in [1.807, 2.05) is 13.8 Å². The second-order valence-corrected chi connectivity index (χ2v) is 4.93. The molecule has 102 valence electrons. The summed E-state index contributed by atoms with van der Waals surface area (Å²) in [6.07, 6.45) is 1.36. The Kier molecular flexibility index (Phi) is 5.34. The number of aromatic amines is 1. The summed E-state index contributed by atoms with van der Waals surface area (Å²) >= 11 is 0. The van der Waals surface area contributed by atoms with Gasteiger partial charge < -0.3 is 10.0 Å². The number of aryl methyl sites for hydroxylation is 1. The normalized spacial score (nSPS) is 12.8. The van der Waals surface area contributed by atoms with E-state index in [1.165, 1.54) is 0 Å². The van der Waals surface area contributed by atoms with Gasteiger partial charge in [-0.1, -0.05) is 13.3 Å². The zero-order chi connectivity index (χ0) is 13.7. The first-order valence-corrected chi connectivity index (χ1v) is 6.49. The smallest absolute Gasteiger partial charge is 0.274 e. The van der Waals surface area contributed by atoms with Crippen LogP contribution in [-0.4, -0.2) is 44.8 Å². The standard InChI is InChI=1S/C13H23N3O2/c1-5-6-11-7-12(15-14-11)13(18)16(9(2)3)8-10(4)17/h7,9-10,17H,5-6,8H2,1-4H3,(H,14,15). The minimum atomic E-state index is -0.537. The summed E-state index contributed by atoms with van der Waals surface area (Å²) in [6.45, 7) is 7.94. The number of carbonyl (C=O) groups is 1. The van der Waals surface area contributed by atoms with Crippen molar-refractivity contribution in [2.24, 2.45) is 0 Å². The third-order valence-corrected chi connectivity index (χ3v) is 2.71. The van der Waals surface area contributed by atoms with E-state index >= 15 is 0 Å². The van der Waals surface area contributed by atoms with Crippen LogP contribution in [0.15, 0.2) is 6.07 Å². The maximum absolute atomic E-state index is 12.3. The van der Waals surface area contributed by atoms with Crippen LogP contribution in [0.2, 0.25) is 0 Å². The SMILES string of the molecule is CCCc1cc(C(=O)N(CC(C)O)C(C)C)n[nH]1. The van der Waals surface area contributed by atoms with Crippen LogP contribution in [0.5, 0.6) is 0 Å². The molecular formula is C13H23N3O2. The Morgan fingerprint density at radius 1 is 1.50 bits per heavy atom. The van der Waals surface area contributed by atoms with E-state index in [-0.39, 0.29) is 11.9 Å². The highest BCUT2D eigenvalue weighted by Crippen LogP contribution is 2.09. The van der Waals surface area contributed by atoms with Crippen LogP contribution in [0.1, 0.15) is 50.3 Å². The Bertz CT molecular complexity index is 385. The molecule has 1 amide bonds. The molecule has 0 aromatic carbocycles. The minimum absolute atomic E-state index is 0.0402. The number of hydrogen-bond donors (Lipinski definition) is 2. The zero-order valence-corrected chi connectivity index (χ0v) is 11.6. The monoisotopic (exact) mass is 253 g/mol. The number of rotatable bonds is 6. The molecule has 1 aromatic rings. The molecule has 1 rings (SSSR count). The molecule has 2 N–H and O–H groups in total. The first-order chi connectivity index (χ1) is 8.45. The lowest BCUT2D eigenvalue weighted by Gasteiger charge is -2.27. The van der Waals surface area contributed by atoms with Gasteiger partial charge in [0, 0.05) is 18.3 Å². The lowest BCUT2D eigenvalue weighted by Crippen LogP contribution is -2.41. The Labute approximate surface area is 108 Å². The maximum Gasteiger partial charge on any atom is 0.274 e. The van der Waals surface area contributed by atoms with Gasteiger partial charge in [0.1, 0.15) is 5.69 Å². The zero-order valence-electron chi connectivity index (χ0n) is 11.6. The average molecular weight is 253 g/mol. The maximum atomic E-state index is 12.3. The Morgan fingerprint density at radius 3 is 2.67 bits per heavy atom. The summed E-state index contributed by atoms with van der Waals surface area (Å²) in [5.74, 6) is -0.135. The second kappa shape index (κ2) is 6.54. The summed E-state index contributed by atoms with van der Waals surface area (Å²) in [7, 11) is 0. The summed E-state index contributed by atoms with van der Waals surface area (Å²) in [4.78, 5) is 13.9. The number of hydrogen-bond acceptors (Lipinski definition) is 3. The molecule has 5 nitrogen and oxygen atoms in total. The predicted octanol–water partition coefficient (Wildman–Crippen LogP) is 1.59. The summed E-state index contributed by atoms with van der Waals surface area (Å²) in [5, 5.41) is 16.4. The van der Waals surface area contributed by atoms with Gasteiger partial charge in [0.2, 0.25) is 0 Å². The van der Waals surface area contributed by atoms with Gasteiger partial charge in [-0.25, -0.2) is 0 Å². The van der Waals surface area contributed by atoms with Crippen LogP contribution in [-0.2, 0) is 6.42 Å². The van der Waals surface area contributed by atoms with E-state index in [1.54, 1.807) is 17.9 Å². The first kappa shape index (κ1) is 14.7. The van der Waals surface area contributed by atoms with Gasteiger partial charge >= 0.3 is 0 Å². The predicted molar refractivity (Wildman–Crippen MR) is 70.4 cm³/mol. The summed E-state index contributed by atoms with van der Waals surface area (Å²) in [5.41, 5.74) is 1.40. The van der Waals surface area contributed by atoms with Crippen molar-refractivity contribution in [2.75, 3.05) is 6.54 Å². The average Bonchev–Trinajstić information content (AvgIpc) is 2.73. The van der Waals surface area contributed by atoms with Gasteiger partial charge in [-0.15, -0.1) is 0 Å². The molecule has 0 fully saturated rings. The molecule has 0 spiro atoms. The van der Waals surface area contributed by atoms with Crippen molar-refractivity contribution in [1.82, 2.24) is 15.1 Å². The van der Waals surface area contributed by atoms with Crippen molar-refractivity contribution < 1.29 is 9.90 Å². The molecule has 1 aromatic heterocycles. The van der Waals surface area contributed by atoms with E-state index in [4.69, 9.17) is 0 Å². The van der Waals surface area contributed by atoms with Gasteiger partial charge in [0.25, 0.3) is 5.91 Å². The molecule has 0 radical (unpaired) electrons. The molecule has 0 aliphatic rings. The van der Waals surface area contributed by atoms with Crippen LogP contribution >= 0.6 is 0 Å². The highest BCUT2D eigenvalue weighted by atomic mass is 16.3. The van der Waals surface area contributed by atoms with Crippen LogP contribution in [0.25, 0.3) is 0 Å². The highest BCUT2D eigenvalue weighted by molar-refractivity contribution is 5.92. The van der Waals surface area contributed by atoms with Crippen molar-refractivity contribution in [2.45, 2.75) is 52.7 Å². The van der Waals surface area contributed by atoms with Crippen LogP contribution in [0.4, 0.5) is 0 Å². The summed E-state index contributed by atoms with van der Waals surface area (Å²) < 4.78 is 0. The number of aliphatic hydroxyl groups excluding tert-OH is 1. The first-order valence-electron chi connectivity index (χ1n) is 6.49. The fourth-order valence-electron chi connectivity index (χ4n) is 1.83. The summed E-state index contributed by atoms with van der Waals surface area (Å²) in [6, 6.07) is 1.84. The lowest BCUT2D eigenvalue weighted by molar-refractivity contribution is 0.0573. The van der Waals surface area contributed by atoms with E-state index in [2.05, 4.69) is 17.1 Å². The quantitative estimate of drug-likeness (QED) is 0.809. The molecule has 18 heavy (non-hydrogen) atoms. The van der Waals surface area contributed by atoms with Crippen molar-refractivity contribution in [3.05, 3.63) is 17.5 Å². The topological polar surface area (TPSA) is 69.2 Å². The number of nitrogens with one attached hydrogen (secondary N) is 1. The fourth-order valence-corrected chi connectivity index (χ4v) is 1.83. The lowest BCUT2D eigenvalue weighted by atomic mass is 10.2. The molecule has 1 atom stereocenters. The van der Waals surface area contributed by atoms with Crippen molar-refractivity contribution >= 4 is 5.91 Å². The molecule has 0 saturated heterocycles. The van der Waals surface area contributed by atoms with E-state index in [0.717, 1.165) is 18.5 Å². The number of aliphatic hydroxyl groups is 1. The van der Waals surface area contributed by atoms with Crippen molar-refractivity contribution in [3.63, 3.8) is 0 Å². The van der Waals surface area contributed by atoms with Crippen molar-refractivity contribution in [3.8, 4) is 0 Å². The molecule has 0 aliphatic carbocycles. The molecule has 1 heterocycles. The third kappa shape index (κ3) is 3.84. The number of nitrogens with zero attached hydrogens (tertiary/aromatic N) is 2. The second-order valence-electron chi connectivity index (χ2n) is 4.93. The van der Waals surface area contributed by atoms with Gasteiger partial charge in [-0.3, -0.25) is 9.89 Å². The highest BCUT2D eigenvalue weighted by Gasteiger charge is 2.22. The molecule has 0 aliphatic heterocycles. The minimum Gasteiger partial charge on any atom is -0.392 e. The van der Waals surface area contributed by atoms with E-state index in [0.29, 0.717) is 12.2 Å². The Balaban J connectivity index is 2.81.